The van der Waals surface area contributed by atoms with Crippen molar-refractivity contribution in [2.45, 2.75) is 0 Å². The molecule has 0 aliphatic heterocycles. The second-order valence-corrected chi connectivity index (χ2v) is 5.04. The Morgan fingerprint density at radius 2 is 0.750 bits per heavy atom. The highest BCUT2D eigenvalue weighted by atomic mass is 15.2. The maximum atomic E-state index is 4.26. The molecule has 0 saturated heterocycles. The van der Waals surface area contributed by atoms with Gasteiger partial charge in [0.25, 0.3) is 0 Å². The van der Waals surface area contributed by atoms with Gasteiger partial charge in [0.2, 0.25) is 0 Å². The van der Waals surface area contributed by atoms with E-state index < -0.39 is 0 Å². The predicted molar refractivity (Wildman–Crippen MR) is 89.5 cm³/mol. The molecule has 0 atom stereocenters. The van der Waals surface area contributed by atoms with E-state index in [0.29, 0.717) is 11.4 Å². The Morgan fingerprint density at radius 3 is 1.04 bits per heavy atom. The summed E-state index contributed by atoms with van der Waals surface area (Å²) in [5.41, 5.74) is 4.33. The molecule has 0 spiro atoms. The van der Waals surface area contributed by atoms with Gasteiger partial charge in [-0.2, -0.15) is 0 Å². The summed E-state index contributed by atoms with van der Waals surface area (Å²) in [4.78, 5) is 8.52. The van der Waals surface area contributed by atoms with E-state index in [1.165, 1.54) is 0 Å². The average Bonchev–Trinajstić information content (AvgIpc) is 2.70. The van der Waals surface area contributed by atoms with Crippen molar-refractivity contribution in [1.82, 2.24) is 30.4 Å². The minimum Gasteiger partial charge on any atom is -0.255 e. The third kappa shape index (κ3) is 2.85. The van der Waals surface area contributed by atoms with Crippen LogP contribution in [0.15, 0.2) is 73.1 Å². The monoisotopic (exact) mass is 312 g/mol. The van der Waals surface area contributed by atoms with Gasteiger partial charge in [0.15, 0.2) is 0 Å². The van der Waals surface area contributed by atoms with Crippen molar-refractivity contribution in [3.05, 3.63) is 73.1 Å². The lowest BCUT2D eigenvalue weighted by Gasteiger charge is -2.02. The van der Waals surface area contributed by atoms with E-state index in [9.17, 15) is 0 Å². The standard InChI is InChI=1S/C18H12N6/c1-3-11-19-13(5-1)15-7-9-17(23-21-15)18-10-8-16(22-24-18)14-6-2-4-12-20-14/h1-12H. The lowest BCUT2D eigenvalue weighted by molar-refractivity contribution is 0.989. The second-order valence-electron chi connectivity index (χ2n) is 5.04. The number of aromatic nitrogens is 6. The highest BCUT2D eigenvalue weighted by Crippen LogP contribution is 2.19. The molecule has 114 valence electrons. The van der Waals surface area contributed by atoms with Crippen molar-refractivity contribution >= 4 is 0 Å². The van der Waals surface area contributed by atoms with Crippen LogP contribution in [0, 0.1) is 0 Å². The molecule has 0 bridgehead atoms. The van der Waals surface area contributed by atoms with Gasteiger partial charge in [-0.1, -0.05) is 12.1 Å². The smallest absolute Gasteiger partial charge is 0.113 e. The quantitative estimate of drug-likeness (QED) is 0.578. The van der Waals surface area contributed by atoms with Crippen molar-refractivity contribution in [2.24, 2.45) is 0 Å². The molecule has 0 unspecified atom stereocenters. The average molecular weight is 312 g/mol. The van der Waals surface area contributed by atoms with Crippen LogP contribution in [0.25, 0.3) is 34.2 Å². The van der Waals surface area contributed by atoms with Gasteiger partial charge >= 0.3 is 0 Å². The third-order valence-electron chi connectivity index (χ3n) is 3.45. The molecule has 0 amide bonds. The molecule has 4 rings (SSSR count). The zero-order valence-corrected chi connectivity index (χ0v) is 12.6. The topological polar surface area (TPSA) is 77.3 Å². The molecule has 0 radical (unpaired) electrons. The zero-order valence-electron chi connectivity index (χ0n) is 12.6. The molecule has 6 nitrogen and oxygen atoms in total. The van der Waals surface area contributed by atoms with Crippen LogP contribution in [-0.4, -0.2) is 30.4 Å². The van der Waals surface area contributed by atoms with Gasteiger partial charge < -0.3 is 0 Å². The molecule has 24 heavy (non-hydrogen) atoms. The van der Waals surface area contributed by atoms with Crippen LogP contribution in [-0.2, 0) is 0 Å². The van der Waals surface area contributed by atoms with Gasteiger partial charge in [-0.25, -0.2) is 0 Å². The summed E-state index contributed by atoms with van der Waals surface area (Å²) in [6, 6.07) is 18.8. The molecule has 0 aromatic carbocycles. The first-order chi connectivity index (χ1) is 11.9. The zero-order chi connectivity index (χ0) is 16.2. The molecule has 4 aromatic heterocycles. The maximum Gasteiger partial charge on any atom is 0.113 e. The fourth-order valence-electron chi connectivity index (χ4n) is 2.24. The summed E-state index contributed by atoms with van der Waals surface area (Å²) in [6.45, 7) is 0. The SMILES string of the molecule is c1ccc(-c2ccc(-c3ccc(-c4ccccn4)nn3)nn2)nc1. The summed E-state index contributed by atoms with van der Waals surface area (Å²) in [5.74, 6) is 0. The predicted octanol–water partition coefficient (Wildman–Crippen LogP) is 3.06. The number of hydrogen-bond donors (Lipinski definition) is 0. The lowest BCUT2D eigenvalue weighted by Crippen LogP contribution is -1.96. The molecule has 0 aliphatic rings. The number of nitrogens with zero attached hydrogens (tertiary/aromatic N) is 6. The summed E-state index contributed by atoms with van der Waals surface area (Å²) >= 11 is 0. The van der Waals surface area contributed by atoms with Gasteiger partial charge in [0, 0.05) is 12.4 Å². The van der Waals surface area contributed by atoms with Gasteiger partial charge in [-0.05, 0) is 48.5 Å². The Kier molecular flexibility index (Phi) is 3.69. The highest BCUT2D eigenvalue weighted by Gasteiger charge is 2.07. The Balaban J connectivity index is 1.60. The van der Waals surface area contributed by atoms with E-state index in [4.69, 9.17) is 0 Å². The maximum absolute atomic E-state index is 4.26. The van der Waals surface area contributed by atoms with E-state index >= 15 is 0 Å². The molecule has 4 aromatic rings. The third-order valence-corrected chi connectivity index (χ3v) is 3.45. The summed E-state index contributed by atoms with van der Waals surface area (Å²) in [7, 11) is 0. The first kappa shape index (κ1) is 14.1. The van der Waals surface area contributed by atoms with Gasteiger partial charge in [0.1, 0.15) is 22.8 Å². The van der Waals surface area contributed by atoms with E-state index in [2.05, 4.69) is 30.4 Å². The minimum absolute atomic E-state index is 0.662. The Morgan fingerprint density at radius 1 is 0.375 bits per heavy atom. The fraction of sp³-hybridized carbons (Fsp3) is 0. The molecule has 6 heteroatoms. The van der Waals surface area contributed by atoms with Gasteiger partial charge in [-0.15, -0.1) is 20.4 Å². The van der Waals surface area contributed by atoms with Crippen LogP contribution in [0.4, 0.5) is 0 Å². The Hall–Kier alpha value is -3.54. The van der Waals surface area contributed by atoms with Crippen LogP contribution < -0.4 is 0 Å². The minimum atomic E-state index is 0.662. The van der Waals surface area contributed by atoms with Crippen LogP contribution in [0.3, 0.4) is 0 Å². The molecule has 0 saturated carbocycles. The summed E-state index contributed by atoms with van der Waals surface area (Å²) in [5, 5.41) is 16.9. The molecular weight excluding hydrogens is 300 g/mol. The van der Waals surface area contributed by atoms with Crippen LogP contribution in [0.5, 0.6) is 0 Å². The molecule has 0 aliphatic carbocycles. The first-order valence-electron chi connectivity index (χ1n) is 7.41. The number of pyridine rings is 2. The van der Waals surface area contributed by atoms with Crippen molar-refractivity contribution in [1.29, 1.82) is 0 Å². The van der Waals surface area contributed by atoms with E-state index in [-0.39, 0.29) is 0 Å². The van der Waals surface area contributed by atoms with Crippen LogP contribution in [0.1, 0.15) is 0 Å². The van der Waals surface area contributed by atoms with E-state index in [1.54, 1.807) is 12.4 Å². The second kappa shape index (κ2) is 6.29. The number of rotatable bonds is 3. The highest BCUT2D eigenvalue weighted by molar-refractivity contribution is 5.60. The summed E-state index contributed by atoms with van der Waals surface area (Å²) in [6.07, 6.45) is 3.46. The van der Waals surface area contributed by atoms with Gasteiger partial charge in [0.05, 0.1) is 11.4 Å². The van der Waals surface area contributed by atoms with E-state index in [1.807, 2.05) is 60.7 Å². The molecule has 4 heterocycles. The van der Waals surface area contributed by atoms with Crippen molar-refractivity contribution in [3.63, 3.8) is 0 Å². The van der Waals surface area contributed by atoms with Crippen molar-refractivity contribution in [2.75, 3.05) is 0 Å². The number of hydrogen-bond acceptors (Lipinski definition) is 6. The molecular formula is C18H12N6. The van der Waals surface area contributed by atoms with Crippen molar-refractivity contribution in [3.8, 4) is 34.2 Å². The fourth-order valence-corrected chi connectivity index (χ4v) is 2.24. The summed E-state index contributed by atoms with van der Waals surface area (Å²) < 4.78 is 0. The Bertz CT molecular complexity index is 842. The van der Waals surface area contributed by atoms with Crippen LogP contribution >= 0.6 is 0 Å². The van der Waals surface area contributed by atoms with Gasteiger partial charge in [-0.3, -0.25) is 9.97 Å². The molecule has 0 N–H and O–H groups in total. The lowest BCUT2D eigenvalue weighted by atomic mass is 10.2. The van der Waals surface area contributed by atoms with Crippen LogP contribution in [0.2, 0.25) is 0 Å². The molecule has 0 fully saturated rings. The van der Waals surface area contributed by atoms with E-state index in [0.717, 1.165) is 22.8 Å². The Labute approximate surface area is 138 Å². The van der Waals surface area contributed by atoms with Crippen molar-refractivity contribution < 1.29 is 0 Å². The largest absolute Gasteiger partial charge is 0.255 e. The first-order valence-corrected chi connectivity index (χ1v) is 7.41. The normalized spacial score (nSPS) is 10.5.